The summed E-state index contributed by atoms with van der Waals surface area (Å²) in [6.45, 7) is 0. The van der Waals surface area contributed by atoms with E-state index in [1.807, 2.05) is 6.07 Å². The van der Waals surface area contributed by atoms with Gasteiger partial charge >= 0.3 is 0 Å². The van der Waals surface area contributed by atoms with E-state index in [0.717, 1.165) is 0 Å². The summed E-state index contributed by atoms with van der Waals surface area (Å²) in [5.41, 5.74) is 9.51. The van der Waals surface area contributed by atoms with Gasteiger partial charge in [-0.2, -0.15) is 5.26 Å². The highest BCUT2D eigenvalue weighted by Crippen LogP contribution is 2.15. The summed E-state index contributed by atoms with van der Waals surface area (Å²) in [4.78, 5) is 0. The molecule has 0 heterocycles. The number of nitrogen functional groups attached to an aromatic ring is 2. The Hall–Kier alpha value is -1.73. The van der Waals surface area contributed by atoms with Gasteiger partial charge in [-0.05, 0) is 18.2 Å². The minimum atomic E-state index is 0.433. The molecular weight excluding hydrogens is 140 g/mol. The molecule has 11 heavy (non-hydrogen) atoms. The predicted octanol–water partition coefficient (Wildman–Crippen LogP) is 0.426. The molecule has 0 atom stereocenters. The van der Waals surface area contributed by atoms with E-state index >= 15 is 0 Å². The Morgan fingerprint density at radius 2 is 2.18 bits per heavy atom. The van der Waals surface area contributed by atoms with Crippen LogP contribution >= 0.6 is 0 Å². The van der Waals surface area contributed by atoms with Gasteiger partial charge in [-0.15, -0.1) is 0 Å². The van der Waals surface area contributed by atoms with Crippen LogP contribution in [0, 0.1) is 11.3 Å². The predicted molar refractivity (Wildman–Crippen MR) is 43.4 cm³/mol. The molecule has 4 nitrogen and oxygen atoms in total. The van der Waals surface area contributed by atoms with Crippen molar-refractivity contribution in [3.63, 3.8) is 0 Å². The van der Waals surface area contributed by atoms with Crippen molar-refractivity contribution in [1.29, 1.82) is 5.26 Å². The van der Waals surface area contributed by atoms with E-state index in [9.17, 15) is 0 Å². The Kier molecular flexibility index (Phi) is 1.95. The molecule has 0 aromatic heterocycles. The highest BCUT2D eigenvalue weighted by Gasteiger charge is 1.96. The molecule has 0 aliphatic heterocycles. The first-order valence-corrected chi connectivity index (χ1v) is 3.04. The number of nitrogens with zero attached hydrogens (tertiary/aromatic N) is 1. The van der Waals surface area contributed by atoms with Crippen LogP contribution in [0.3, 0.4) is 0 Å². The number of rotatable bonds is 1. The van der Waals surface area contributed by atoms with Crippen molar-refractivity contribution < 1.29 is 0 Å². The second-order valence-corrected chi connectivity index (χ2v) is 2.06. The lowest BCUT2D eigenvalue weighted by Gasteiger charge is -2.01. The smallest absolute Gasteiger partial charge is 0.101 e. The van der Waals surface area contributed by atoms with Gasteiger partial charge in [0, 0.05) is 0 Å². The first kappa shape index (κ1) is 7.38. The zero-order valence-electron chi connectivity index (χ0n) is 5.83. The first-order valence-electron chi connectivity index (χ1n) is 3.04. The molecule has 0 amide bonds. The third kappa shape index (κ3) is 1.39. The Bertz CT molecular complexity index is 300. The zero-order chi connectivity index (χ0) is 8.27. The average Bonchev–Trinajstić information content (AvgIpc) is 2.04. The van der Waals surface area contributed by atoms with Crippen molar-refractivity contribution in [1.82, 2.24) is 0 Å². The fourth-order valence-electron chi connectivity index (χ4n) is 0.754. The van der Waals surface area contributed by atoms with Gasteiger partial charge < -0.3 is 11.2 Å². The van der Waals surface area contributed by atoms with Crippen LogP contribution in [-0.4, -0.2) is 0 Å². The quantitative estimate of drug-likeness (QED) is 0.306. The van der Waals surface area contributed by atoms with Gasteiger partial charge in [-0.25, -0.2) is 0 Å². The molecule has 0 unspecified atom stereocenters. The molecule has 56 valence electrons. The highest BCUT2D eigenvalue weighted by molar-refractivity contribution is 5.62. The Morgan fingerprint density at radius 3 is 2.64 bits per heavy atom. The fraction of sp³-hybridized carbons (Fsp3) is 0. The summed E-state index contributed by atoms with van der Waals surface area (Å²) >= 11 is 0. The Labute approximate surface area is 64.4 Å². The number of hydrogen-bond acceptors (Lipinski definition) is 4. The van der Waals surface area contributed by atoms with Gasteiger partial charge in [0.1, 0.15) is 6.07 Å². The Balaban J connectivity index is 3.12. The largest absolute Gasteiger partial charge is 0.398 e. The molecule has 0 aliphatic carbocycles. The summed E-state index contributed by atoms with van der Waals surface area (Å²) in [6.07, 6.45) is 0. The van der Waals surface area contributed by atoms with E-state index in [1.54, 1.807) is 18.2 Å². The van der Waals surface area contributed by atoms with Crippen LogP contribution in [0.5, 0.6) is 0 Å². The molecule has 4 heteroatoms. The van der Waals surface area contributed by atoms with Crippen molar-refractivity contribution in [3.05, 3.63) is 23.8 Å². The van der Waals surface area contributed by atoms with Crippen molar-refractivity contribution in [2.24, 2.45) is 5.84 Å². The van der Waals surface area contributed by atoms with Crippen LogP contribution in [0.1, 0.15) is 5.56 Å². The summed E-state index contributed by atoms with van der Waals surface area (Å²) in [7, 11) is 0. The molecule has 5 N–H and O–H groups in total. The zero-order valence-corrected chi connectivity index (χ0v) is 5.83. The SMILES string of the molecule is N#Cc1ccc(NN)cc1N. The standard InChI is InChI=1S/C7H8N4/c8-4-5-1-2-6(11-10)3-7(5)9/h1-3,11H,9-10H2. The van der Waals surface area contributed by atoms with Crippen LogP contribution in [-0.2, 0) is 0 Å². The van der Waals surface area contributed by atoms with Crippen LogP contribution in [0.2, 0.25) is 0 Å². The van der Waals surface area contributed by atoms with E-state index < -0.39 is 0 Å². The van der Waals surface area contributed by atoms with Crippen molar-refractivity contribution in [2.45, 2.75) is 0 Å². The maximum Gasteiger partial charge on any atom is 0.101 e. The molecule has 0 saturated carbocycles. The minimum Gasteiger partial charge on any atom is -0.398 e. The van der Waals surface area contributed by atoms with Crippen molar-refractivity contribution in [2.75, 3.05) is 11.2 Å². The summed E-state index contributed by atoms with van der Waals surface area (Å²) in [6, 6.07) is 6.87. The minimum absolute atomic E-state index is 0.433. The van der Waals surface area contributed by atoms with Crippen LogP contribution in [0.15, 0.2) is 18.2 Å². The third-order valence-corrected chi connectivity index (χ3v) is 1.34. The van der Waals surface area contributed by atoms with E-state index in [0.29, 0.717) is 16.9 Å². The Morgan fingerprint density at radius 1 is 1.45 bits per heavy atom. The van der Waals surface area contributed by atoms with Crippen LogP contribution in [0.25, 0.3) is 0 Å². The molecule has 1 rings (SSSR count). The van der Waals surface area contributed by atoms with E-state index in [4.69, 9.17) is 16.8 Å². The van der Waals surface area contributed by atoms with Gasteiger partial charge in [0.25, 0.3) is 0 Å². The molecule has 1 aromatic carbocycles. The number of nitrogens with one attached hydrogen (secondary N) is 1. The number of nitriles is 1. The van der Waals surface area contributed by atoms with Gasteiger partial charge in [-0.3, -0.25) is 5.84 Å². The summed E-state index contributed by atoms with van der Waals surface area (Å²) in [5.74, 6) is 5.12. The van der Waals surface area contributed by atoms with Gasteiger partial charge in [0.05, 0.1) is 16.9 Å². The van der Waals surface area contributed by atoms with Crippen LogP contribution in [0.4, 0.5) is 11.4 Å². The number of hydrogen-bond donors (Lipinski definition) is 3. The lowest BCUT2D eigenvalue weighted by atomic mass is 10.2. The monoisotopic (exact) mass is 148 g/mol. The topological polar surface area (TPSA) is 87.9 Å². The molecule has 0 spiro atoms. The van der Waals surface area contributed by atoms with E-state index in [2.05, 4.69) is 5.43 Å². The second kappa shape index (κ2) is 2.90. The van der Waals surface area contributed by atoms with E-state index in [-0.39, 0.29) is 0 Å². The normalized spacial score (nSPS) is 8.73. The average molecular weight is 148 g/mol. The summed E-state index contributed by atoms with van der Waals surface area (Å²) < 4.78 is 0. The van der Waals surface area contributed by atoms with Gasteiger partial charge in [-0.1, -0.05) is 0 Å². The molecular formula is C7H8N4. The lowest BCUT2D eigenvalue weighted by Crippen LogP contribution is -2.07. The third-order valence-electron chi connectivity index (χ3n) is 1.34. The lowest BCUT2D eigenvalue weighted by molar-refractivity contribution is 1.35. The maximum absolute atomic E-state index is 8.50. The van der Waals surface area contributed by atoms with E-state index in [1.165, 1.54) is 0 Å². The van der Waals surface area contributed by atoms with Gasteiger partial charge in [0.2, 0.25) is 0 Å². The highest BCUT2D eigenvalue weighted by atomic mass is 15.2. The molecule has 0 bridgehead atoms. The number of anilines is 2. The molecule has 1 aromatic rings. The summed E-state index contributed by atoms with van der Waals surface area (Å²) in [5, 5.41) is 8.50. The number of hydrazine groups is 1. The molecule has 0 aliphatic rings. The maximum atomic E-state index is 8.50. The van der Waals surface area contributed by atoms with Crippen molar-refractivity contribution in [3.8, 4) is 6.07 Å². The second-order valence-electron chi connectivity index (χ2n) is 2.06. The number of benzene rings is 1. The molecule has 0 radical (unpaired) electrons. The van der Waals surface area contributed by atoms with Gasteiger partial charge in [0.15, 0.2) is 0 Å². The number of nitrogens with two attached hydrogens (primary N) is 2. The molecule has 0 saturated heterocycles. The fourth-order valence-corrected chi connectivity index (χ4v) is 0.754. The molecule has 0 fully saturated rings. The first-order chi connectivity index (χ1) is 5.27. The van der Waals surface area contributed by atoms with Crippen LogP contribution < -0.4 is 17.0 Å². The van der Waals surface area contributed by atoms with Crippen molar-refractivity contribution >= 4 is 11.4 Å².